The van der Waals surface area contributed by atoms with E-state index in [1.807, 2.05) is 6.92 Å². The largest absolute Gasteiger partial charge is 0.466 e. The molecule has 16 heavy (non-hydrogen) atoms. The van der Waals surface area contributed by atoms with E-state index in [1.54, 1.807) is 0 Å². The van der Waals surface area contributed by atoms with Gasteiger partial charge in [-0.15, -0.1) is 0 Å². The third-order valence-corrected chi connectivity index (χ3v) is 3.14. The van der Waals surface area contributed by atoms with Crippen LogP contribution in [-0.2, 0) is 14.3 Å². The molecule has 1 aliphatic heterocycles. The SMILES string of the molecule is CCOC(=O)CCCCCC1CCOCC1. The minimum Gasteiger partial charge on any atom is -0.466 e. The maximum atomic E-state index is 11.1. The minimum atomic E-state index is -0.0476. The average Bonchev–Trinajstić information content (AvgIpc) is 2.30. The van der Waals surface area contributed by atoms with E-state index in [-0.39, 0.29) is 5.97 Å². The molecule has 0 aromatic carbocycles. The molecule has 0 bridgehead atoms. The van der Waals surface area contributed by atoms with Crippen molar-refractivity contribution >= 4 is 5.97 Å². The Bertz CT molecular complexity index is 186. The van der Waals surface area contributed by atoms with Crippen molar-refractivity contribution in [2.24, 2.45) is 5.92 Å². The Morgan fingerprint density at radius 1 is 1.25 bits per heavy atom. The van der Waals surface area contributed by atoms with Crippen LogP contribution in [0, 0.1) is 5.92 Å². The van der Waals surface area contributed by atoms with Crippen LogP contribution in [0.5, 0.6) is 0 Å². The van der Waals surface area contributed by atoms with E-state index in [0.29, 0.717) is 13.0 Å². The van der Waals surface area contributed by atoms with Gasteiger partial charge < -0.3 is 9.47 Å². The van der Waals surface area contributed by atoms with Crippen molar-refractivity contribution in [3.05, 3.63) is 0 Å². The highest BCUT2D eigenvalue weighted by atomic mass is 16.5. The van der Waals surface area contributed by atoms with E-state index < -0.39 is 0 Å². The number of esters is 1. The molecule has 0 saturated carbocycles. The Morgan fingerprint density at radius 2 is 2.00 bits per heavy atom. The maximum Gasteiger partial charge on any atom is 0.305 e. The number of hydrogen-bond acceptors (Lipinski definition) is 3. The van der Waals surface area contributed by atoms with Gasteiger partial charge in [-0.2, -0.15) is 0 Å². The fourth-order valence-corrected chi connectivity index (χ4v) is 2.15. The molecule has 1 aliphatic rings. The highest BCUT2D eigenvalue weighted by molar-refractivity contribution is 5.69. The predicted octanol–water partition coefficient (Wildman–Crippen LogP) is 2.93. The molecular formula is C13H24O3. The van der Waals surface area contributed by atoms with Gasteiger partial charge in [0.25, 0.3) is 0 Å². The second-order valence-corrected chi connectivity index (χ2v) is 4.46. The average molecular weight is 228 g/mol. The standard InChI is InChI=1S/C13H24O3/c1-2-16-13(14)7-5-3-4-6-12-8-10-15-11-9-12/h12H,2-11H2,1H3. The van der Waals surface area contributed by atoms with Crippen molar-refractivity contribution in [3.63, 3.8) is 0 Å². The van der Waals surface area contributed by atoms with Crippen LogP contribution in [0.15, 0.2) is 0 Å². The molecule has 0 spiro atoms. The molecule has 1 saturated heterocycles. The number of carbonyl (C=O) groups is 1. The van der Waals surface area contributed by atoms with Gasteiger partial charge in [-0.1, -0.05) is 19.3 Å². The van der Waals surface area contributed by atoms with Crippen molar-refractivity contribution < 1.29 is 14.3 Å². The van der Waals surface area contributed by atoms with Crippen LogP contribution in [-0.4, -0.2) is 25.8 Å². The zero-order chi connectivity index (χ0) is 11.6. The molecule has 1 heterocycles. The van der Waals surface area contributed by atoms with E-state index in [1.165, 1.54) is 25.7 Å². The van der Waals surface area contributed by atoms with E-state index in [0.717, 1.165) is 32.0 Å². The Balaban J connectivity index is 1.89. The van der Waals surface area contributed by atoms with E-state index >= 15 is 0 Å². The van der Waals surface area contributed by atoms with Gasteiger partial charge in [-0.25, -0.2) is 0 Å². The topological polar surface area (TPSA) is 35.5 Å². The smallest absolute Gasteiger partial charge is 0.305 e. The van der Waals surface area contributed by atoms with Crippen LogP contribution >= 0.6 is 0 Å². The monoisotopic (exact) mass is 228 g/mol. The summed E-state index contributed by atoms with van der Waals surface area (Å²) in [6.07, 6.45) is 7.69. The number of ether oxygens (including phenoxy) is 2. The lowest BCUT2D eigenvalue weighted by Gasteiger charge is -2.21. The first-order valence-corrected chi connectivity index (χ1v) is 6.56. The fraction of sp³-hybridized carbons (Fsp3) is 0.923. The highest BCUT2D eigenvalue weighted by Gasteiger charge is 2.12. The quantitative estimate of drug-likeness (QED) is 0.496. The van der Waals surface area contributed by atoms with Gasteiger partial charge in [0.1, 0.15) is 0 Å². The van der Waals surface area contributed by atoms with Gasteiger partial charge in [0.2, 0.25) is 0 Å². The Kier molecular flexibility index (Phi) is 7.23. The molecule has 0 N–H and O–H groups in total. The summed E-state index contributed by atoms with van der Waals surface area (Å²) in [5.74, 6) is 0.810. The van der Waals surface area contributed by atoms with E-state index in [2.05, 4.69) is 0 Å². The summed E-state index contributed by atoms with van der Waals surface area (Å²) in [6.45, 7) is 4.23. The lowest BCUT2D eigenvalue weighted by Crippen LogP contribution is -2.15. The molecule has 1 fully saturated rings. The lowest BCUT2D eigenvalue weighted by atomic mass is 9.93. The van der Waals surface area contributed by atoms with Crippen molar-refractivity contribution in [1.82, 2.24) is 0 Å². The Hall–Kier alpha value is -0.570. The summed E-state index contributed by atoms with van der Waals surface area (Å²) < 4.78 is 10.2. The number of carbonyl (C=O) groups excluding carboxylic acids is 1. The highest BCUT2D eigenvalue weighted by Crippen LogP contribution is 2.21. The first-order valence-electron chi connectivity index (χ1n) is 6.56. The molecule has 1 rings (SSSR count). The number of hydrogen-bond donors (Lipinski definition) is 0. The Morgan fingerprint density at radius 3 is 2.69 bits per heavy atom. The zero-order valence-electron chi connectivity index (χ0n) is 10.4. The van der Waals surface area contributed by atoms with Gasteiger partial charge >= 0.3 is 5.97 Å². The first kappa shape index (κ1) is 13.5. The summed E-state index contributed by atoms with van der Waals surface area (Å²) in [7, 11) is 0. The van der Waals surface area contributed by atoms with Crippen molar-refractivity contribution in [2.75, 3.05) is 19.8 Å². The number of unbranched alkanes of at least 4 members (excludes halogenated alkanes) is 2. The van der Waals surface area contributed by atoms with Gasteiger partial charge in [-0.3, -0.25) is 4.79 Å². The molecule has 0 atom stereocenters. The third-order valence-electron chi connectivity index (χ3n) is 3.14. The van der Waals surface area contributed by atoms with Crippen LogP contribution in [0.3, 0.4) is 0 Å². The van der Waals surface area contributed by atoms with Gasteiger partial charge in [-0.05, 0) is 32.1 Å². The predicted molar refractivity (Wildman–Crippen MR) is 63.3 cm³/mol. The van der Waals surface area contributed by atoms with Gasteiger partial charge in [0.05, 0.1) is 6.61 Å². The lowest BCUT2D eigenvalue weighted by molar-refractivity contribution is -0.143. The molecule has 0 amide bonds. The summed E-state index contributed by atoms with van der Waals surface area (Å²) in [4.78, 5) is 11.1. The van der Waals surface area contributed by atoms with Crippen LogP contribution in [0.25, 0.3) is 0 Å². The summed E-state index contributed by atoms with van der Waals surface area (Å²) >= 11 is 0. The second kappa shape index (κ2) is 8.57. The maximum absolute atomic E-state index is 11.1. The van der Waals surface area contributed by atoms with E-state index in [4.69, 9.17) is 9.47 Å². The third kappa shape index (κ3) is 6.11. The van der Waals surface area contributed by atoms with Gasteiger partial charge in [0, 0.05) is 19.6 Å². The van der Waals surface area contributed by atoms with Crippen molar-refractivity contribution in [3.8, 4) is 0 Å². The molecule has 0 aliphatic carbocycles. The molecule has 0 aromatic heterocycles. The van der Waals surface area contributed by atoms with Crippen LogP contribution in [0.1, 0.15) is 51.9 Å². The summed E-state index contributed by atoms with van der Waals surface area (Å²) in [6, 6.07) is 0. The second-order valence-electron chi connectivity index (χ2n) is 4.46. The van der Waals surface area contributed by atoms with Gasteiger partial charge in [0.15, 0.2) is 0 Å². The molecule has 3 nitrogen and oxygen atoms in total. The molecular weight excluding hydrogens is 204 g/mol. The van der Waals surface area contributed by atoms with Crippen LogP contribution in [0.4, 0.5) is 0 Å². The van der Waals surface area contributed by atoms with Crippen molar-refractivity contribution in [1.29, 1.82) is 0 Å². The first-order chi connectivity index (χ1) is 7.83. The van der Waals surface area contributed by atoms with E-state index in [9.17, 15) is 4.79 Å². The number of rotatable bonds is 7. The minimum absolute atomic E-state index is 0.0476. The molecule has 0 unspecified atom stereocenters. The normalized spacial score (nSPS) is 17.3. The van der Waals surface area contributed by atoms with Crippen LogP contribution in [0.2, 0.25) is 0 Å². The summed E-state index contributed by atoms with van der Waals surface area (Å²) in [5.41, 5.74) is 0. The van der Waals surface area contributed by atoms with Crippen LogP contribution < -0.4 is 0 Å². The molecule has 3 heteroatoms. The molecule has 94 valence electrons. The summed E-state index contributed by atoms with van der Waals surface area (Å²) in [5, 5.41) is 0. The molecule has 0 aromatic rings. The van der Waals surface area contributed by atoms with Crippen molar-refractivity contribution in [2.45, 2.75) is 51.9 Å². The Labute approximate surface area is 98.5 Å². The fourth-order valence-electron chi connectivity index (χ4n) is 2.15. The zero-order valence-corrected chi connectivity index (χ0v) is 10.4. The molecule has 0 radical (unpaired) electrons.